The Morgan fingerprint density at radius 3 is 1.82 bits per heavy atom. The molecular weight excluding hydrogens is 346 g/mol. The van der Waals surface area contributed by atoms with E-state index >= 15 is 0 Å². The first-order valence-electron chi connectivity index (χ1n) is 4.97. The summed E-state index contributed by atoms with van der Waals surface area (Å²) in [6.07, 6.45) is 1.55. The van der Waals surface area contributed by atoms with Gasteiger partial charge in [-0.1, -0.05) is 31.9 Å². The Hall–Kier alpha value is -1.13. The van der Waals surface area contributed by atoms with Gasteiger partial charge >= 0.3 is 0 Å². The molecule has 4 heteroatoms. The second-order valence-corrected chi connectivity index (χ2v) is 5.31. The van der Waals surface area contributed by atoms with Crippen molar-refractivity contribution in [2.75, 3.05) is 0 Å². The molecule has 0 aliphatic heterocycles. The highest BCUT2D eigenvalue weighted by Crippen LogP contribution is 2.16. The molecule has 0 radical (unpaired) electrons. The molecule has 0 aliphatic carbocycles. The summed E-state index contributed by atoms with van der Waals surface area (Å²) in [4.78, 5) is 0. The van der Waals surface area contributed by atoms with Crippen molar-refractivity contribution in [3.05, 3.63) is 68.2 Å². The van der Waals surface area contributed by atoms with Gasteiger partial charge in [0.05, 0.1) is 0 Å². The minimum atomic E-state index is 0.608. The van der Waals surface area contributed by atoms with Gasteiger partial charge in [-0.2, -0.15) is 4.74 Å². The third-order valence-corrected chi connectivity index (χ3v) is 3.27. The zero-order valence-electron chi connectivity index (χ0n) is 8.81. The van der Waals surface area contributed by atoms with E-state index in [-0.39, 0.29) is 0 Å². The van der Waals surface area contributed by atoms with Gasteiger partial charge in [-0.15, -0.1) is 0 Å². The molecule has 0 saturated heterocycles. The summed E-state index contributed by atoms with van der Waals surface area (Å²) >= 11 is 6.69. The van der Waals surface area contributed by atoms with Crippen LogP contribution in [0.4, 0.5) is 5.69 Å². The Labute approximate surface area is 116 Å². The molecule has 0 heterocycles. The van der Waals surface area contributed by atoms with E-state index in [0.717, 1.165) is 19.2 Å². The molecule has 0 aromatic heterocycles. The minimum absolute atomic E-state index is 0.608. The van der Waals surface area contributed by atoms with Gasteiger partial charge in [0.1, 0.15) is 0 Å². The maximum atomic E-state index is 11.8. The zero-order chi connectivity index (χ0) is 12.3. The van der Waals surface area contributed by atoms with Crippen LogP contribution in [0, 0.1) is 5.21 Å². The molecule has 0 saturated carbocycles. The summed E-state index contributed by atoms with van der Waals surface area (Å²) in [5.74, 6) is 0. The van der Waals surface area contributed by atoms with Crippen LogP contribution in [0.1, 0.15) is 5.56 Å². The second kappa shape index (κ2) is 5.47. The quantitative estimate of drug-likeness (QED) is 0.338. The Morgan fingerprint density at radius 1 is 0.824 bits per heavy atom. The first kappa shape index (κ1) is 12.3. The number of rotatable bonds is 2. The van der Waals surface area contributed by atoms with E-state index in [1.165, 1.54) is 0 Å². The lowest BCUT2D eigenvalue weighted by Gasteiger charge is -2.02. The third kappa shape index (κ3) is 3.41. The van der Waals surface area contributed by atoms with Crippen molar-refractivity contribution in [1.29, 1.82) is 0 Å². The molecule has 0 bridgehead atoms. The average Bonchev–Trinajstić information content (AvgIpc) is 2.33. The van der Waals surface area contributed by atoms with E-state index in [9.17, 15) is 5.21 Å². The van der Waals surface area contributed by atoms with E-state index in [1.807, 2.05) is 36.4 Å². The van der Waals surface area contributed by atoms with E-state index in [1.54, 1.807) is 18.3 Å². The molecule has 0 aliphatic rings. The van der Waals surface area contributed by atoms with Crippen LogP contribution in [0.3, 0.4) is 0 Å². The maximum Gasteiger partial charge on any atom is 0.216 e. The summed E-state index contributed by atoms with van der Waals surface area (Å²) in [5, 5.41) is 11.8. The van der Waals surface area contributed by atoms with Gasteiger partial charge < -0.3 is 5.21 Å². The molecule has 2 rings (SSSR count). The first-order chi connectivity index (χ1) is 8.15. The second-order valence-electron chi connectivity index (χ2n) is 3.48. The number of hydrogen-bond donors (Lipinski definition) is 0. The zero-order valence-corrected chi connectivity index (χ0v) is 12.0. The number of hydrogen-bond acceptors (Lipinski definition) is 1. The van der Waals surface area contributed by atoms with Gasteiger partial charge in [0.15, 0.2) is 6.21 Å². The molecule has 0 spiro atoms. The molecule has 2 aromatic carbocycles. The van der Waals surface area contributed by atoms with Gasteiger partial charge in [-0.25, -0.2) is 0 Å². The minimum Gasteiger partial charge on any atom is -0.618 e. The molecule has 0 N–H and O–H groups in total. The molecule has 0 fully saturated rings. The van der Waals surface area contributed by atoms with Crippen molar-refractivity contribution in [2.45, 2.75) is 0 Å². The summed E-state index contributed by atoms with van der Waals surface area (Å²) < 4.78 is 2.81. The van der Waals surface area contributed by atoms with E-state index in [0.29, 0.717) is 5.69 Å². The molecule has 2 nitrogen and oxygen atoms in total. The molecule has 0 amide bonds. The fraction of sp³-hybridized carbons (Fsp3) is 0. The van der Waals surface area contributed by atoms with Gasteiger partial charge in [0.25, 0.3) is 0 Å². The van der Waals surface area contributed by atoms with Gasteiger partial charge in [0, 0.05) is 26.6 Å². The van der Waals surface area contributed by atoms with E-state index < -0.39 is 0 Å². The Morgan fingerprint density at radius 2 is 1.29 bits per heavy atom. The summed E-state index contributed by atoms with van der Waals surface area (Å²) in [7, 11) is 0. The average molecular weight is 355 g/mol. The van der Waals surface area contributed by atoms with Crippen molar-refractivity contribution >= 4 is 43.8 Å². The topological polar surface area (TPSA) is 26.1 Å². The van der Waals surface area contributed by atoms with Crippen LogP contribution >= 0.6 is 31.9 Å². The predicted octanol–water partition coefficient (Wildman–Crippen LogP) is 4.47. The first-order valence-corrected chi connectivity index (χ1v) is 6.56. The van der Waals surface area contributed by atoms with Crippen LogP contribution in [-0.2, 0) is 0 Å². The smallest absolute Gasteiger partial charge is 0.216 e. The van der Waals surface area contributed by atoms with Crippen molar-refractivity contribution in [2.24, 2.45) is 0 Å². The molecule has 2 aromatic rings. The fourth-order valence-corrected chi connectivity index (χ4v) is 1.88. The van der Waals surface area contributed by atoms with Crippen LogP contribution in [0.5, 0.6) is 0 Å². The van der Waals surface area contributed by atoms with Crippen LogP contribution in [0.15, 0.2) is 57.5 Å². The summed E-state index contributed by atoms with van der Waals surface area (Å²) in [6.45, 7) is 0. The lowest BCUT2D eigenvalue weighted by molar-refractivity contribution is -0.354. The van der Waals surface area contributed by atoms with Crippen LogP contribution in [0.25, 0.3) is 0 Å². The number of benzene rings is 2. The van der Waals surface area contributed by atoms with Crippen LogP contribution < -0.4 is 0 Å². The summed E-state index contributed by atoms with van der Waals surface area (Å²) in [5.41, 5.74) is 1.47. The molecule has 0 unspecified atom stereocenters. The fourth-order valence-electron chi connectivity index (χ4n) is 1.35. The molecule has 86 valence electrons. The van der Waals surface area contributed by atoms with Gasteiger partial charge in [-0.05, 0) is 36.4 Å². The number of halogens is 2. The van der Waals surface area contributed by atoms with Crippen molar-refractivity contribution in [3.63, 3.8) is 0 Å². The van der Waals surface area contributed by atoms with E-state index in [2.05, 4.69) is 31.9 Å². The SMILES string of the molecule is [O-][N+](=Cc1ccc(Br)cc1)c1ccc(Br)cc1. The Bertz CT molecular complexity index is 532. The highest BCUT2D eigenvalue weighted by atomic mass is 79.9. The molecular formula is C13H9Br2NO. The third-order valence-electron chi connectivity index (χ3n) is 2.22. The van der Waals surface area contributed by atoms with Crippen molar-refractivity contribution in [3.8, 4) is 0 Å². The Kier molecular flexibility index (Phi) is 3.97. The number of nitrogens with zero attached hydrogens (tertiary/aromatic N) is 1. The van der Waals surface area contributed by atoms with Crippen molar-refractivity contribution in [1.82, 2.24) is 0 Å². The largest absolute Gasteiger partial charge is 0.618 e. The normalized spacial score (nSPS) is 11.5. The Balaban J connectivity index is 2.27. The summed E-state index contributed by atoms with van der Waals surface area (Å²) in [6, 6.07) is 14.8. The predicted molar refractivity (Wildman–Crippen MR) is 76.7 cm³/mol. The van der Waals surface area contributed by atoms with Crippen molar-refractivity contribution < 1.29 is 4.74 Å². The van der Waals surface area contributed by atoms with Crippen LogP contribution in [-0.4, -0.2) is 11.0 Å². The van der Waals surface area contributed by atoms with Gasteiger partial charge in [0.2, 0.25) is 5.69 Å². The monoisotopic (exact) mass is 353 g/mol. The van der Waals surface area contributed by atoms with Gasteiger partial charge in [-0.3, -0.25) is 0 Å². The lowest BCUT2D eigenvalue weighted by atomic mass is 10.2. The lowest BCUT2D eigenvalue weighted by Crippen LogP contribution is -1.98. The molecule has 17 heavy (non-hydrogen) atoms. The maximum absolute atomic E-state index is 11.8. The molecule has 0 atom stereocenters. The van der Waals surface area contributed by atoms with E-state index in [4.69, 9.17) is 0 Å². The highest BCUT2D eigenvalue weighted by Gasteiger charge is 2.01. The standard InChI is InChI=1S/C13H9Br2NO/c14-11-3-1-10(2-4-11)9-16(17)13-7-5-12(15)6-8-13/h1-9H. The highest BCUT2D eigenvalue weighted by molar-refractivity contribution is 9.10. The van der Waals surface area contributed by atoms with Crippen LogP contribution in [0.2, 0.25) is 0 Å².